The number of nitrogens with one attached hydrogen (secondary N) is 1. The molecule has 146 valence electrons. The smallest absolute Gasteiger partial charge is 0.321 e. The van der Waals surface area contributed by atoms with Crippen molar-refractivity contribution in [2.75, 3.05) is 31.1 Å². The Bertz CT molecular complexity index is 753. The molecule has 0 bridgehead atoms. The number of urea groups is 1. The van der Waals surface area contributed by atoms with Crippen LogP contribution in [-0.2, 0) is 4.79 Å². The number of hydrogen-bond donors (Lipinski definition) is 3. The summed E-state index contributed by atoms with van der Waals surface area (Å²) in [4.78, 5) is 39.8. The largest absolute Gasteiger partial charge is 0.481 e. The van der Waals surface area contributed by atoms with E-state index < -0.39 is 17.5 Å². The minimum absolute atomic E-state index is 0.0232. The number of benzene rings is 1. The first kappa shape index (κ1) is 19.2. The summed E-state index contributed by atoms with van der Waals surface area (Å²) in [7, 11) is 0. The van der Waals surface area contributed by atoms with Crippen molar-refractivity contribution < 1.29 is 24.6 Å². The Morgan fingerprint density at radius 3 is 2.74 bits per heavy atom. The van der Waals surface area contributed by atoms with Crippen LogP contribution in [0.1, 0.15) is 36.5 Å². The maximum Gasteiger partial charge on any atom is 0.321 e. The summed E-state index contributed by atoms with van der Waals surface area (Å²) in [6, 6.07) is 6.59. The molecule has 1 aromatic rings. The number of hydrogen-bond acceptors (Lipinski definition) is 4. The van der Waals surface area contributed by atoms with E-state index in [-0.39, 0.29) is 24.9 Å². The minimum atomic E-state index is -1.34. The maximum atomic E-state index is 13.0. The average molecular weight is 375 g/mol. The zero-order valence-corrected chi connectivity index (χ0v) is 15.4. The molecule has 2 fully saturated rings. The predicted octanol–water partition coefficient (Wildman–Crippen LogP) is 1.29. The standard InChI is InChI=1S/C19H25N3O5/c1-2-7-19(17(25)26)12-21(9-6-15(19)23)16(24)13-4-3-5-14(11-13)22-10-8-20-18(22)27/h3-5,11,15,23H,2,6-10,12H2,1H3,(H,20,27)(H,25,26)/t15-,19+/m0/s1. The molecule has 3 rings (SSSR count). The van der Waals surface area contributed by atoms with Crippen molar-refractivity contribution in [2.45, 2.75) is 32.3 Å². The molecule has 3 amide bonds. The van der Waals surface area contributed by atoms with Crippen LogP contribution in [0, 0.1) is 5.41 Å². The van der Waals surface area contributed by atoms with E-state index in [2.05, 4.69) is 5.32 Å². The number of nitrogens with zero attached hydrogens (tertiary/aromatic N) is 2. The van der Waals surface area contributed by atoms with Gasteiger partial charge in [-0.15, -0.1) is 0 Å². The number of likely N-dealkylation sites (tertiary alicyclic amines) is 1. The van der Waals surface area contributed by atoms with Crippen molar-refractivity contribution in [3.05, 3.63) is 29.8 Å². The summed E-state index contributed by atoms with van der Waals surface area (Å²) in [6.07, 6.45) is 0.164. The van der Waals surface area contributed by atoms with Crippen LogP contribution in [0.3, 0.4) is 0 Å². The first-order chi connectivity index (χ1) is 12.9. The molecular weight excluding hydrogens is 350 g/mol. The van der Waals surface area contributed by atoms with Gasteiger partial charge in [-0.3, -0.25) is 14.5 Å². The molecule has 2 aliphatic heterocycles. The molecule has 8 nitrogen and oxygen atoms in total. The second-order valence-corrected chi connectivity index (χ2v) is 7.18. The minimum Gasteiger partial charge on any atom is -0.481 e. The summed E-state index contributed by atoms with van der Waals surface area (Å²) in [5, 5.41) is 22.8. The van der Waals surface area contributed by atoms with Crippen LogP contribution in [0.15, 0.2) is 24.3 Å². The molecule has 27 heavy (non-hydrogen) atoms. The molecule has 0 radical (unpaired) electrons. The number of piperidine rings is 1. The van der Waals surface area contributed by atoms with E-state index in [0.717, 1.165) is 0 Å². The quantitative estimate of drug-likeness (QED) is 0.718. The number of aliphatic hydroxyl groups excluding tert-OH is 1. The highest BCUT2D eigenvalue weighted by molar-refractivity contribution is 5.98. The van der Waals surface area contributed by atoms with Gasteiger partial charge in [-0.25, -0.2) is 4.79 Å². The number of carboxylic acids is 1. The van der Waals surface area contributed by atoms with Crippen LogP contribution in [0.25, 0.3) is 0 Å². The number of aliphatic hydroxyl groups is 1. The highest BCUT2D eigenvalue weighted by Gasteiger charge is 2.49. The lowest BCUT2D eigenvalue weighted by Gasteiger charge is -2.43. The second kappa shape index (κ2) is 7.56. The van der Waals surface area contributed by atoms with Crippen LogP contribution in [0.2, 0.25) is 0 Å². The van der Waals surface area contributed by atoms with Crippen molar-refractivity contribution in [3.63, 3.8) is 0 Å². The molecule has 0 saturated carbocycles. The number of aliphatic carboxylic acids is 1. The maximum absolute atomic E-state index is 13.0. The number of anilines is 1. The summed E-state index contributed by atoms with van der Waals surface area (Å²) in [5.41, 5.74) is -0.305. The molecule has 0 aliphatic carbocycles. The zero-order valence-electron chi connectivity index (χ0n) is 15.4. The first-order valence-electron chi connectivity index (χ1n) is 9.25. The average Bonchev–Trinajstić information content (AvgIpc) is 3.09. The Kier molecular flexibility index (Phi) is 5.36. The lowest BCUT2D eigenvalue weighted by molar-refractivity contribution is -0.162. The Balaban J connectivity index is 1.83. The fraction of sp³-hybridized carbons (Fsp3) is 0.526. The van der Waals surface area contributed by atoms with Crippen molar-refractivity contribution in [2.24, 2.45) is 5.41 Å². The van der Waals surface area contributed by atoms with Crippen LogP contribution >= 0.6 is 0 Å². The van der Waals surface area contributed by atoms with Gasteiger partial charge in [-0.1, -0.05) is 19.4 Å². The van der Waals surface area contributed by atoms with Crippen LogP contribution in [0.4, 0.5) is 10.5 Å². The monoisotopic (exact) mass is 375 g/mol. The number of carboxylic acid groups (broad SMARTS) is 1. The Hall–Kier alpha value is -2.61. The number of carbonyl (C=O) groups is 3. The van der Waals surface area contributed by atoms with E-state index in [1.54, 1.807) is 29.2 Å². The highest BCUT2D eigenvalue weighted by atomic mass is 16.4. The second-order valence-electron chi connectivity index (χ2n) is 7.18. The first-order valence-corrected chi connectivity index (χ1v) is 9.25. The van der Waals surface area contributed by atoms with E-state index >= 15 is 0 Å². The van der Waals surface area contributed by atoms with Gasteiger partial charge in [-0.2, -0.15) is 0 Å². The van der Waals surface area contributed by atoms with Crippen molar-refractivity contribution in [1.29, 1.82) is 0 Å². The summed E-state index contributed by atoms with van der Waals surface area (Å²) in [6.45, 7) is 3.23. The van der Waals surface area contributed by atoms with Gasteiger partial charge < -0.3 is 20.4 Å². The Morgan fingerprint density at radius 1 is 1.33 bits per heavy atom. The van der Waals surface area contributed by atoms with Gasteiger partial charge >= 0.3 is 12.0 Å². The normalized spacial score (nSPS) is 25.4. The third-order valence-corrected chi connectivity index (χ3v) is 5.45. The molecular formula is C19H25N3O5. The van der Waals surface area contributed by atoms with Gasteiger partial charge in [-0.05, 0) is 31.0 Å². The summed E-state index contributed by atoms with van der Waals surface area (Å²) in [5.74, 6) is -1.36. The Morgan fingerprint density at radius 2 is 2.11 bits per heavy atom. The zero-order chi connectivity index (χ0) is 19.6. The van der Waals surface area contributed by atoms with Crippen LogP contribution in [0.5, 0.6) is 0 Å². The lowest BCUT2D eigenvalue weighted by Crippen LogP contribution is -2.57. The van der Waals surface area contributed by atoms with E-state index in [9.17, 15) is 24.6 Å². The molecule has 1 aromatic carbocycles. The number of rotatable bonds is 5. The van der Waals surface area contributed by atoms with E-state index in [4.69, 9.17) is 0 Å². The van der Waals surface area contributed by atoms with E-state index in [1.165, 1.54) is 4.90 Å². The van der Waals surface area contributed by atoms with Gasteiger partial charge in [0.25, 0.3) is 5.91 Å². The molecule has 8 heteroatoms. The fourth-order valence-electron chi connectivity index (χ4n) is 3.97. The third-order valence-electron chi connectivity index (χ3n) is 5.45. The van der Waals surface area contributed by atoms with Crippen molar-refractivity contribution >= 4 is 23.6 Å². The third kappa shape index (κ3) is 3.49. The van der Waals surface area contributed by atoms with E-state index in [0.29, 0.717) is 43.7 Å². The molecule has 2 heterocycles. The number of amides is 3. The Labute approximate surface area is 157 Å². The molecule has 0 spiro atoms. The molecule has 3 N–H and O–H groups in total. The predicted molar refractivity (Wildman–Crippen MR) is 98.7 cm³/mol. The van der Waals surface area contributed by atoms with Gasteiger partial charge in [0.05, 0.1) is 6.10 Å². The van der Waals surface area contributed by atoms with E-state index in [1.807, 2.05) is 6.92 Å². The van der Waals surface area contributed by atoms with Crippen LogP contribution in [-0.4, -0.2) is 65.3 Å². The molecule has 2 atom stereocenters. The van der Waals surface area contributed by atoms with Gasteiger partial charge in [0.2, 0.25) is 0 Å². The number of carbonyl (C=O) groups excluding carboxylic acids is 2. The van der Waals surface area contributed by atoms with Crippen molar-refractivity contribution in [3.8, 4) is 0 Å². The van der Waals surface area contributed by atoms with Crippen LogP contribution < -0.4 is 10.2 Å². The highest BCUT2D eigenvalue weighted by Crippen LogP contribution is 2.36. The fourth-order valence-corrected chi connectivity index (χ4v) is 3.97. The molecule has 0 unspecified atom stereocenters. The molecule has 0 aromatic heterocycles. The summed E-state index contributed by atoms with van der Waals surface area (Å²) >= 11 is 0. The molecule has 2 saturated heterocycles. The molecule has 2 aliphatic rings. The van der Waals surface area contributed by atoms with Gasteiger partial charge in [0, 0.05) is 37.4 Å². The summed E-state index contributed by atoms with van der Waals surface area (Å²) < 4.78 is 0. The lowest BCUT2D eigenvalue weighted by atomic mass is 9.74. The van der Waals surface area contributed by atoms with Crippen molar-refractivity contribution in [1.82, 2.24) is 10.2 Å². The SMILES string of the molecule is CCC[C@@]1(C(=O)O)CN(C(=O)c2cccc(N3CCNC3=O)c2)CC[C@@H]1O. The van der Waals surface area contributed by atoms with Gasteiger partial charge in [0.15, 0.2) is 0 Å². The van der Waals surface area contributed by atoms with Gasteiger partial charge in [0.1, 0.15) is 5.41 Å². The topological polar surface area (TPSA) is 110 Å².